The average Bonchev–Trinajstić information content (AvgIpc) is 2.52. The fourth-order valence-corrected chi connectivity index (χ4v) is 1.12. The third kappa shape index (κ3) is 3.57. The maximum absolute atomic E-state index is 11.0. The Kier molecular flexibility index (Phi) is 4.12. The van der Waals surface area contributed by atoms with E-state index in [1.54, 1.807) is 13.2 Å². The number of nitrogens with one attached hydrogen (secondary N) is 2. The van der Waals surface area contributed by atoms with Crippen molar-refractivity contribution in [3.8, 4) is 0 Å². The van der Waals surface area contributed by atoms with E-state index in [2.05, 4.69) is 15.7 Å². The second-order valence-corrected chi connectivity index (χ2v) is 3.16. The summed E-state index contributed by atoms with van der Waals surface area (Å²) in [6.45, 7) is 3.67. The van der Waals surface area contributed by atoms with E-state index in [9.17, 15) is 4.79 Å². The summed E-state index contributed by atoms with van der Waals surface area (Å²) >= 11 is 0. The molecule has 0 saturated carbocycles. The standard InChI is InChI=1S/C9H16N4O/c1-8-5-12-13(7-8)4-3-11-9(14)6-10-2/h5,7,10H,3-4,6H2,1-2H3,(H,11,14). The lowest BCUT2D eigenvalue weighted by Crippen LogP contribution is -2.34. The van der Waals surface area contributed by atoms with Crippen molar-refractivity contribution >= 4 is 5.91 Å². The van der Waals surface area contributed by atoms with Crippen LogP contribution >= 0.6 is 0 Å². The van der Waals surface area contributed by atoms with Crippen LogP contribution < -0.4 is 10.6 Å². The first-order valence-corrected chi connectivity index (χ1v) is 4.62. The average molecular weight is 196 g/mol. The van der Waals surface area contributed by atoms with Gasteiger partial charge >= 0.3 is 0 Å². The van der Waals surface area contributed by atoms with Crippen molar-refractivity contribution in [2.75, 3.05) is 20.1 Å². The lowest BCUT2D eigenvalue weighted by atomic mass is 10.4. The van der Waals surface area contributed by atoms with Crippen LogP contribution in [0.15, 0.2) is 12.4 Å². The normalized spacial score (nSPS) is 10.1. The van der Waals surface area contributed by atoms with E-state index in [-0.39, 0.29) is 5.91 Å². The highest BCUT2D eigenvalue weighted by atomic mass is 16.1. The number of nitrogens with zero attached hydrogens (tertiary/aromatic N) is 2. The summed E-state index contributed by atoms with van der Waals surface area (Å²) in [5.74, 6) is 0.0105. The molecule has 2 N–H and O–H groups in total. The van der Waals surface area contributed by atoms with Gasteiger partial charge in [-0.15, -0.1) is 0 Å². The van der Waals surface area contributed by atoms with Crippen LogP contribution in [0, 0.1) is 6.92 Å². The molecular weight excluding hydrogens is 180 g/mol. The first kappa shape index (κ1) is 10.7. The fourth-order valence-electron chi connectivity index (χ4n) is 1.12. The number of carbonyl (C=O) groups is 1. The van der Waals surface area contributed by atoms with Crippen LogP contribution in [-0.2, 0) is 11.3 Å². The molecule has 0 radical (unpaired) electrons. The maximum Gasteiger partial charge on any atom is 0.234 e. The molecule has 1 aromatic heterocycles. The Balaban J connectivity index is 2.18. The number of hydrogen-bond acceptors (Lipinski definition) is 3. The molecule has 0 unspecified atom stereocenters. The van der Waals surface area contributed by atoms with E-state index < -0.39 is 0 Å². The Morgan fingerprint density at radius 3 is 3.00 bits per heavy atom. The van der Waals surface area contributed by atoms with Gasteiger partial charge in [0, 0.05) is 12.7 Å². The molecule has 1 amide bonds. The van der Waals surface area contributed by atoms with Gasteiger partial charge in [0.2, 0.25) is 5.91 Å². The van der Waals surface area contributed by atoms with Crippen molar-refractivity contribution in [3.63, 3.8) is 0 Å². The molecule has 0 aromatic carbocycles. The zero-order chi connectivity index (χ0) is 10.4. The van der Waals surface area contributed by atoms with Gasteiger partial charge in [-0.05, 0) is 19.5 Å². The number of hydrogen-bond donors (Lipinski definition) is 2. The Hall–Kier alpha value is -1.36. The predicted molar refractivity (Wildman–Crippen MR) is 53.9 cm³/mol. The molecule has 1 rings (SSSR count). The van der Waals surface area contributed by atoms with E-state index in [1.165, 1.54) is 0 Å². The van der Waals surface area contributed by atoms with E-state index in [1.807, 2.05) is 17.8 Å². The van der Waals surface area contributed by atoms with E-state index in [4.69, 9.17) is 0 Å². The summed E-state index contributed by atoms with van der Waals surface area (Å²) in [7, 11) is 1.75. The van der Waals surface area contributed by atoms with Crippen LogP contribution in [0.3, 0.4) is 0 Å². The van der Waals surface area contributed by atoms with Crippen LogP contribution in [-0.4, -0.2) is 35.8 Å². The highest BCUT2D eigenvalue weighted by Gasteiger charge is 1.98. The molecule has 1 aromatic rings. The molecular formula is C9H16N4O. The number of rotatable bonds is 5. The van der Waals surface area contributed by atoms with Gasteiger partial charge in [-0.25, -0.2) is 0 Å². The molecule has 78 valence electrons. The first-order chi connectivity index (χ1) is 6.72. The van der Waals surface area contributed by atoms with Crippen LogP contribution in [0.5, 0.6) is 0 Å². The van der Waals surface area contributed by atoms with Crippen molar-refractivity contribution in [1.82, 2.24) is 20.4 Å². The van der Waals surface area contributed by atoms with Gasteiger partial charge in [-0.2, -0.15) is 5.10 Å². The van der Waals surface area contributed by atoms with Crippen molar-refractivity contribution in [1.29, 1.82) is 0 Å². The summed E-state index contributed by atoms with van der Waals surface area (Å²) in [4.78, 5) is 11.0. The number of aryl methyl sites for hydroxylation is 1. The molecule has 5 nitrogen and oxygen atoms in total. The highest BCUT2D eigenvalue weighted by Crippen LogP contribution is 1.92. The highest BCUT2D eigenvalue weighted by molar-refractivity contribution is 5.77. The fraction of sp³-hybridized carbons (Fsp3) is 0.556. The lowest BCUT2D eigenvalue weighted by molar-refractivity contribution is -0.120. The van der Waals surface area contributed by atoms with Crippen molar-refractivity contribution < 1.29 is 4.79 Å². The summed E-state index contributed by atoms with van der Waals surface area (Å²) in [6.07, 6.45) is 3.75. The van der Waals surface area contributed by atoms with Crippen LogP contribution in [0.25, 0.3) is 0 Å². The number of likely N-dealkylation sites (N-methyl/N-ethyl adjacent to an activating group) is 1. The molecule has 0 aliphatic heterocycles. The largest absolute Gasteiger partial charge is 0.353 e. The van der Waals surface area contributed by atoms with Gasteiger partial charge in [0.15, 0.2) is 0 Å². The molecule has 0 saturated heterocycles. The van der Waals surface area contributed by atoms with Gasteiger partial charge in [0.1, 0.15) is 0 Å². The SMILES string of the molecule is CNCC(=O)NCCn1cc(C)cn1. The topological polar surface area (TPSA) is 59.0 Å². The minimum Gasteiger partial charge on any atom is -0.353 e. The lowest BCUT2D eigenvalue weighted by Gasteiger charge is -2.04. The predicted octanol–water partition coefficient (Wildman–Crippen LogP) is -0.473. The zero-order valence-corrected chi connectivity index (χ0v) is 8.58. The Bertz CT molecular complexity index is 295. The van der Waals surface area contributed by atoms with Crippen LogP contribution in [0.2, 0.25) is 0 Å². The molecule has 1 heterocycles. The van der Waals surface area contributed by atoms with E-state index in [0.29, 0.717) is 19.6 Å². The molecule has 0 spiro atoms. The number of carbonyl (C=O) groups excluding carboxylic acids is 1. The van der Waals surface area contributed by atoms with Gasteiger partial charge in [-0.3, -0.25) is 9.48 Å². The summed E-state index contributed by atoms with van der Waals surface area (Å²) in [5.41, 5.74) is 1.13. The van der Waals surface area contributed by atoms with Crippen molar-refractivity contribution in [3.05, 3.63) is 18.0 Å². The van der Waals surface area contributed by atoms with E-state index in [0.717, 1.165) is 5.56 Å². The second-order valence-electron chi connectivity index (χ2n) is 3.16. The minimum absolute atomic E-state index is 0.0105. The molecule has 0 atom stereocenters. The van der Waals surface area contributed by atoms with Crippen LogP contribution in [0.1, 0.15) is 5.56 Å². The minimum atomic E-state index is 0.0105. The third-order valence-electron chi connectivity index (χ3n) is 1.76. The number of amides is 1. The quantitative estimate of drug-likeness (QED) is 0.669. The van der Waals surface area contributed by atoms with Crippen molar-refractivity contribution in [2.45, 2.75) is 13.5 Å². The Morgan fingerprint density at radius 1 is 1.64 bits per heavy atom. The van der Waals surface area contributed by atoms with Gasteiger partial charge < -0.3 is 10.6 Å². The smallest absolute Gasteiger partial charge is 0.234 e. The first-order valence-electron chi connectivity index (χ1n) is 4.62. The Morgan fingerprint density at radius 2 is 2.43 bits per heavy atom. The van der Waals surface area contributed by atoms with Gasteiger partial charge in [-0.1, -0.05) is 0 Å². The number of aromatic nitrogens is 2. The summed E-state index contributed by atoms with van der Waals surface area (Å²) in [5, 5.41) is 9.67. The molecule has 5 heteroatoms. The second kappa shape index (κ2) is 5.39. The molecule has 0 aliphatic rings. The molecule has 14 heavy (non-hydrogen) atoms. The van der Waals surface area contributed by atoms with Gasteiger partial charge in [0.05, 0.1) is 19.3 Å². The summed E-state index contributed by atoms with van der Waals surface area (Å²) < 4.78 is 1.81. The van der Waals surface area contributed by atoms with Crippen LogP contribution in [0.4, 0.5) is 0 Å². The molecule has 0 aliphatic carbocycles. The molecule has 0 fully saturated rings. The van der Waals surface area contributed by atoms with Gasteiger partial charge in [0.25, 0.3) is 0 Å². The van der Waals surface area contributed by atoms with Crippen molar-refractivity contribution in [2.24, 2.45) is 0 Å². The maximum atomic E-state index is 11.0. The third-order valence-corrected chi connectivity index (χ3v) is 1.76. The Labute approximate surface area is 83.5 Å². The zero-order valence-electron chi connectivity index (χ0n) is 8.58. The monoisotopic (exact) mass is 196 g/mol. The molecule has 0 bridgehead atoms. The summed E-state index contributed by atoms with van der Waals surface area (Å²) in [6, 6.07) is 0. The van der Waals surface area contributed by atoms with E-state index >= 15 is 0 Å².